The van der Waals surface area contributed by atoms with Gasteiger partial charge in [-0.25, -0.2) is 0 Å². The number of hydrogen-bond acceptors (Lipinski definition) is 4. The van der Waals surface area contributed by atoms with Gasteiger partial charge < -0.3 is 15.1 Å². The molecule has 1 aliphatic heterocycles. The molecule has 0 atom stereocenters. The van der Waals surface area contributed by atoms with Gasteiger partial charge in [-0.2, -0.15) is 0 Å². The monoisotopic (exact) mass is 303 g/mol. The Morgan fingerprint density at radius 2 is 1.73 bits per heavy atom. The summed E-state index contributed by atoms with van der Waals surface area (Å²) < 4.78 is 0. The quantitative estimate of drug-likeness (QED) is 0.815. The number of carbonyl (C=O) groups excluding carboxylic acids is 3. The number of piperazine rings is 1. The van der Waals surface area contributed by atoms with Crippen LogP contribution in [0.5, 0.6) is 0 Å². The molecule has 0 bridgehead atoms. The van der Waals surface area contributed by atoms with Gasteiger partial charge in [0.2, 0.25) is 11.7 Å². The molecule has 0 radical (unpaired) electrons. The summed E-state index contributed by atoms with van der Waals surface area (Å²) in [5, 5.41) is 2.34. The van der Waals surface area contributed by atoms with E-state index in [9.17, 15) is 14.4 Å². The van der Waals surface area contributed by atoms with Gasteiger partial charge >= 0.3 is 0 Å². The lowest BCUT2D eigenvalue weighted by molar-refractivity contribution is -0.138. The van der Waals surface area contributed by atoms with Crippen LogP contribution in [-0.2, 0) is 14.4 Å². The molecule has 1 aromatic rings. The molecular formula is C16H21N3O3. The maximum absolute atomic E-state index is 12.0. The summed E-state index contributed by atoms with van der Waals surface area (Å²) in [6.07, 6.45) is 0. The highest BCUT2D eigenvalue weighted by Gasteiger charge is 2.22. The summed E-state index contributed by atoms with van der Waals surface area (Å²) in [7, 11) is 0. The second kappa shape index (κ2) is 7.06. The second-order valence-corrected chi connectivity index (χ2v) is 5.39. The average Bonchev–Trinajstić information content (AvgIpc) is 2.52. The molecule has 1 aromatic carbocycles. The summed E-state index contributed by atoms with van der Waals surface area (Å²) in [5.74, 6) is -1.46. The number of ketones is 1. The van der Waals surface area contributed by atoms with E-state index in [0.29, 0.717) is 13.1 Å². The molecule has 2 rings (SSSR count). The van der Waals surface area contributed by atoms with E-state index in [1.54, 1.807) is 4.90 Å². The number of rotatable bonds is 4. The van der Waals surface area contributed by atoms with Crippen LogP contribution in [-0.4, -0.2) is 55.2 Å². The third-order valence-electron chi connectivity index (χ3n) is 3.81. The van der Waals surface area contributed by atoms with Crippen molar-refractivity contribution in [3.63, 3.8) is 0 Å². The van der Waals surface area contributed by atoms with Crippen LogP contribution in [0.4, 0.5) is 5.69 Å². The van der Waals surface area contributed by atoms with Crippen LogP contribution in [0.1, 0.15) is 12.5 Å². The van der Waals surface area contributed by atoms with Crippen molar-refractivity contribution in [2.45, 2.75) is 13.8 Å². The highest BCUT2D eigenvalue weighted by molar-refractivity contribution is 6.35. The van der Waals surface area contributed by atoms with Crippen LogP contribution >= 0.6 is 0 Å². The van der Waals surface area contributed by atoms with E-state index in [4.69, 9.17) is 0 Å². The average molecular weight is 303 g/mol. The lowest BCUT2D eigenvalue weighted by Crippen LogP contribution is -2.51. The Balaban J connectivity index is 1.84. The third-order valence-corrected chi connectivity index (χ3v) is 3.81. The normalized spacial score (nSPS) is 14.6. The summed E-state index contributed by atoms with van der Waals surface area (Å²) in [4.78, 5) is 38.0. The topological polar surface area (TPSA) is 69.7 Å². The van der Waals surface area contributed by atoms with Gasteiger partial charge in [0.15, 0.2) is 0 Å². The Hall–Kier alpha value is -2.37. The van der Waals surface area contributed by atoms with E-state index in [0.717, 1.165) is 13.1 Å². The minimum atomic E-state index is -0.716. The number of nitrogens with zero attached hydrogens (tertiary/aromatic N) is 2. The zero-order chi connectivity index (χ0) is 16.1. The summed E-state index contributed by atoms with van der Waals surface area (Å²) >= 11 is 0. The largest absolute Gasteiger partial charge is 0.368 e. The van der Waals surface area contributed by atoms with Crippen LogP contribution < -0.4 is 10.2 Å². The molecule has 1 heterocycles. The van der Waals surface area contributed by atoms with Crippen molar-refractivity contribution >= 4 is 23.3 Å². The molecule has 6 heteroatoms. The van der Waals surface area contributed by atoms with E-state index >= 15 is 0 Å². The number of anilines is 1. The summed E-state index contributed by atoms with van der Waals surface area (Å²) in [5.41, 5.74) is 2.41. The van der Waals surface area contributed by atoms with Crippen LogP contribution in [0.25, 0.3) is 0 Å². The lowest BCUT2D eigenvalue weighted by atomic mass is 10.1. The molecule has 22 heavy (non-hydrogen) atoms. The van der Waals surface area contributed by atoms with Crippen molar-refractivity contribution in [3.05, 3.63) is 29.8 Å². The van der Waals surface area contributed by atoms with Gasteiger partial charge in [0.25, 0.3) is 5.91 Å². The van der Waals surface area contributed by atoms with Gasteiger partial charge in [-0.15, -0.1) is 0 Å². The van der Waals surface area contributed by atoms with Gasteiger partial charge in [-0.3, -0.25) is 14.4 Å². The number of para-hydroxylation sites is 1. The van der Waals surface area contributed by atoms with Gasteiger partial charge in [-0.05, 0) is 18.6 Å². The SMILES string of the molecule is CC(=O)C(=O)NCC(=O)N1CCN(c2ccccc2C)CC1. The van der Waals surface area contributed by atoms with Crippen molar-refractivity contribution < 1.29 is 14.4 Å². The summed E-state index contributed by atoms with van der Waals surface area (Å²) in [6, 6.07) is 8.18. The van der Waals surface area contributed by atoms with E-state index in [1.807, 2.05) is 12.1 Å². The molecule has 0 aliphatic carbocycles. The molecule has 1 aliphatic rings. The van der Waals surface area contributed by atoms with E-state index in [2.05, 4.69) is 29.3 Å². The molecular weight excluding hydrogens is 282 g/mol. The molecule has 0 spiro atoms. The molecule has 118 valence electrons. The van der Waals surface area contributed by atoms with E-state index < -0.39 is 11.7 Å². The number of nitrogens with one attached hydrogen (secondary N) is 1. The molecule has 0 aromatic heterocycles. The fourth-order valence-corrected chi connectivity index (χ4v) is 2.51. The predicted molar refractivity (Wildman–Crippen MR) is 83.7 cm³/mol. The van der Waals surface area contributed by atoms with Gasteiger partial charge in [0.1, 0.15) is 0 Å². The first-order valence-corrected chi connectivity index (χ1v) is 7.36. The molecule has 1 saturated heterocycles. The number of amides is 2. The van der Waals surface area contributed by atoms with Gasteiger partial charge in [0.05, 0.1) is 6.54 Å². The van der Waals surface area contributed by atoms with Crippen molar-refractivity contribution in [2.75, 3.05) is 37.6 Å². The first-order valence-electron chi connectivity index (χ1n) is 7.36. The van der Waals surface area contributed by atoms with Crippen molar-refractivity contribution in [1.29, 1.82) is 0 Å². The number of Topliss-reactive ketones (excluding diaryl/α,β-unsaturated/α-hetero) is 1. The first-order chi connectivity index (χ1) is 10.5. The van der Waals surface area contributed by atoms with Crippen molar-refractivity contribution in [1.82, 2.24) is 10.2 Å². The molecule has 0 saturated carbocycles. The highest BCUT2D eigenvalue weighted by Crippen LogP contribution is 2.20. The smallest absolute Gasteiger partial charge is 0.287 e. The van der Waals surface area contributed by atoms with Crippen LogP contribution in [0, 0.1) is 6.92 Å². The Bertz CT molecular complexity index is 578. The zero-order valence-electron chi connectivity index (χ0n) is 13.0. The molecule has 1 N–H and O–H groups in total. The van der Waals surface area contributed by atoms with Gasteiger partial charge in [-0.1, -0.05) is 18.2 Å². The Kier molecular flexibility index (Phi) is 5.14. The highest BCUT2D eigenvalue weighted by atomic mass is 16.2. The van der Waals surface area contributed by atoms with Crippen molar-refractivity contribution in [3.8, 4) is 0 Å². The maximum atomic E-state index is 12.0. The molecule has 1 fully saturated rings. The maximum Gasteiger partial charge on any atom is 0.287 e. The Morgan fingerprint density at radius 1 is 1.09 bits per heavy atom. The molecule has 0 unspecified atom stereocenters. The number of carbonyl (C=O) groups is 3. The lowest BCUT2D eigenvalue weighted by Gasteiger charge is -2.36. The fraction of sp³-hybridized carbons (Fsp3) is 0.438. The summed E-state index contributed by atoms with van der Waals surface area (Å²) in [6.45, 7) is 5.88. The van der Waals surface area contributed by atoms with Crippen molar-refractivity contribution in [2.24, 2.45) is 0 Å². The Morgan fingerprint density at radius 3 is 2.32 bits per heavy atom. The molecule has 2 amide bonds. The Labute approximate surface area is 130 Å². The van der Waals surface area contributed by atoms with Crippen LogP contribution in [0.2, 0.25) is 0 Å². The zero-order valence-corrected chi connectivity index (χ0v) is 13.0. The van der Waals surface area contributed by atoms with E-state index in [1.165, 1.54) is 18.2 Å². The second-order valence-electron chi connectivity index (χ2n) is 5.39. The number of hydrogen-bond donors (Lipinski definition) is 1. The number of aryl methyl sites for hydroxylation is 1. The standard InChI is InChI=1S/C16H21N3O3/c1-12-5-3-4-6-14(12)18-7-9-19(10-8-18)15(21)11-17-16(22)13(2)20/h3-6H,7-11H2,1-2H3,(H,17,22). The molecule has 6 nitrogen and oxygen atoms in total. The van der Waals surface area contributed by atoms with Crippen LogP contribution in [0.3, 0.4) is 0 Å². The van der Waals surface area contributed by atoms with Crippen LogP contribution in [0.15, 0.2) is 24.3 Å². The predicted octanol–water partition coefficient (Wildman–Crippen LogP) is 0.349. The number of benzene rings is 1. The first kappa shape index (κ1) is 16.0. The third kappa shape index (κ3) is 3.84. The fourth-order valence-electron chi connectivity index (χ4n) is 2.51. The minimum absolute atomic E-state index is 0.122. The van der Waals surface area contributed by atoms with Gasteiger partial charge in [0, 0.05) is 38.8 Å². The van der Waals surface area contributed by atoms with E-state index in [-0.39, 0.29) is 12.5 Å². The minimum Gasteiger partial charge on any atom is -0.368 e.